The molecular formula is C11H20N2O3. The highest BCUT2D eigenvalue weighted by molar-refractivity contribution is 5.85. The van der Waals surface area contributed by atoms with Crippen molar-refractivity contribution in [3.05, 3.63) is 0 Å². The molecule has 0 spiro atoms. The van der Waals surface area contributed by atoms with Crippen molar-refractivity contribution in [1.82, 2.24) is 10.6 Å². The Morgan fingerprint density at radius 3 is 2.81 bits per heavy atom. The summed E-state index contributed by atoms with van der Waals surface area (Å²) in [4.78, 5) is 22.7. The number of carbonyl (C=O) groups is 2. The Labute approximate surface area is 95.6 Å². The van der Waals surface area contributed by atoms with Crippen LogP contribution in [0.2, 0.25) is 0 Å². The van der Waals surface area contributed by atoms with Crippen molar-refractivity contribution in [2.24, 2.45) is 5.92 Å². The van der Waals surface area contributed by atoms with Crippen molar-refractivity contribution in [2.45, 2.75) is 38.6 Å². The Hall–Kier alpha value is -1.10. The normalized spacial score (nSPS) is 22.4. The Bertz CT molecular complexity index is 250. The molecule has 3 N–H and O–H groups in total. The van der Waals surface area contributed by atoms with E-state index in [0.717, 1.165) is 25.8 Å². The van der Waals surface area contributed by atoms with E-state index in [0.29, 0.717) is 13.0 Å². The molecule has 1 fully saturated rings. The molecule has 92 valence electrons. The lowest BCUT2D eigenvalue weighted by molar-refractivity contribution is -0.142. The van der Waals surface area contributed by atoms with Gasteiger partial charge in [0.2, 0.25) is 5.91 Å². The number of rotatable bonds is 5. The minimum Gasteiger partial charge on any atom is -0.480 e. The van der Waals surface area contributed by atoms with E-state index >= 15 is 0 Å². The van der Waals surface area contributed by atoms with Gasteiger partial charge in [0.05, 0.1) is 5.92 Å². The highest BCUT2D eigenvalue weighted by atomic mass is 16.4. The number of hydrogen-bond acceptors (Lipinski definition) is 3. The maximum atomic E-state index is 11.8. The minimum atomic E-state index is -0.945. The van der Waals surface area contributed by atoms with Gasteiger partial charge in [0.15, 0.2) is 0 Å². The lowest BCUT2D eigenvalue weighted by Gasteiger charge is -2.23. The van der Waals surface area contributed by atoms with Crippen LogP contribution in [0.3, 0.4) is 0 Å². The average molecular weight is 228 g/mol. The lowest BCUT2D eigenvalue weighted by Crippen LogP contribution is -2.47. The molecule has 1 aliphatic rings. The van der Waals surface area contributed by atoms with Crippen molar-refractivity contribution < 1.29 is 14.7 Å². The molecule has 1 rings (SSSR count). The van der Waals surface area contributed by atoms with Crippen LogP contribution in [-0.2, 0) is 9.59 Å². The third kappa shape index (κ3) is 3.81. The molecular weight excluding hydrogens is 208 g/mol. The fourth-order valence-electron chi connectivity index (χ4n) is 1.91. The zero-order valence-electron chi connectivity index (χ0n) is 9.66. The summed E-state index contributed by atoms with van der Waals surface area (Å²) in [6, 6.07) is -0.737. The molecule has 0 aromatic rings. The van der Waals surface area contributed by atoms with Crippen LogP contribution >= 0.6 is 0 Å². The summed E-state index contributed by atoms with van der Waals surface area (Å²) in [5.41, 5.74) is 0. The molecule has 0 aliphatic carbocycles. The molecule has 2 atom stereocenters. The highest BCUT2D eigenvalue weighted by Crippen LogP contribution is 2.10. The smallest absolute Gasteiger partial charge is 0.326 e. The summed E-state index contributed by atoms with van der Waals surface area (Å²) in [7, 11) is 0. The summed E-state index contributed by atoms with van der Waals surface area (Å²) in [5, 5.41) is 14.7. The molecule has 0 saturated carbocycles. The van der Waals surface area contributed by atoms with Gasteiger partial charge in [-0.25, -0.2) is 4.79 Å². The zero-order chi connectivity index (χ0) is 12.0. The lowest BCUT2D eigenvalue weighted by atomic mass is 9.98. The Balaban J connectivity index is 2.43. The third-order valence-corrected chi connectivity index (χ3v) is 2.86. The first kappa shape index (κ1) is 13.0. The van der Waals surface area contributed by atoms with Crippen molar-refractivity contribution in [3.63, 3.8) is 0 Å². The second kappa shape index (κ2) is 6.48. The number of aliphatic carboxylic acids is 1. The molecule has 1 unspecified atom stereocenters. The van der Waals surface area contributed by atoms with Crippen LogP contribution in [-0.4, -0.2) is 36.1 Å². The van der Waals surface area contributed by atoms with Gasteiger partial charge in [-0.1, -0.05) is 13.3 Å². The third-order valence-electron chi connectivity index (χ3n) is 2.86. The highest BCUT2D eigenvalue weighted by Gasteiger charge is 2.25. The monoisotopic (exact) mass is 228 g/mol. The van der Waals surface area contributed by atoms with Crippen molar-refractivity contribution in [2.75, 3.05) is 13.1 Å². The first-order valence-electron chi connectivity index (χ1n) is 5.89. The largest absolute Gasteiger partial charge is 0.480 e. The number of piperidine rings is 1. The van der Waals surface area contributed by atoms with Gasteiger partial charge in [-0.2, -0.15) is 0 Å². The van der Waals surface area contributed by atoms with Crippen LogP contribution < -0.4 is 10.6 Å². The van der Waals surface area contributed by atoms with E-state index in [1.54, 1.807) is 0 Å². The Morgan fingerprint density at radius 2 is 2.31 bits per heavy atom. The molecule has 16 heavy (non-hydrogen) atoms. The van der Waals surface area contributed by atoms with E-state index in [1.807, 2.05) is 6.92 Å². The molecule has 1 amide bonds. The van der Waals surface area contributed by atoms with Crippen LogP contribution in [0.1, 0.15) is 32.6 Å². The first-order valence-corrected chi connectivity index (χ1v) is 5.89. The number of nitrogens with one attached hydrogen (secondary N) is 2. The number of carboxylic acid groups (broad SMARTS) is 1. The number of hydrogen-bond donors (Lipinski definition) is 3. The predicted octanol–water partition coefficient (Wildman–Crippen LogP) is 0.356. The quantitative estimate of drug-likeness (QED) is 0.634. The zero-order valence-corrected chi connectivity index (χ0v) is 9.66. The van der Waals surface area contributed by atoms with E-state index in [4.69, 9.17) is 5.11 Å². The fourth-order valence-corrected chi connectivity index (χ4v) is 1.91. The standard InChI is InChI=1S/C11H20N2O3/c1-2-4-9(11(15)16)13-10(14)8-5-3-6-12-7-8/h8-9,12H,2-7H2,1H3,(H,13,14)(H,15,16)/t8?,9-/m1/s1. The minimum absolute atomic E-state index is 0.0764. The van der Waals surface area contributed by atoms with Gasteiger partial charge < -0.3 is 15.7 Å². The van der Waals surface area contributed by atoms with Gasteiger partial charge in [0.25, 0.3) is 0 Å². The van der Waals surface area contributed by atoms with Crippen LogP contribution in [0.25, 0.3) is 0 Å². The van der Waals surface area contributed by atoms with Crippen LogP contribution in [0.15, 0.2) is 0 Å². The molecule has 0 bridgehead atoms. The second-order valence-corrected chi connectivity index (χ2v) is 4.23. The van der Waals surface area contributed by atoms with Crippen molar-refractivity contribution >= 4 is 11.9 Å². The molecule has 1 saturated heterocycles. The number of amides is 1. The predicted molar refractivity (Wildman–Crippen MR) is 60.1 cm³/mol. The molecule has 1 heterocycles. The molecule has 0 radical (unpaired) electrons. The maximum Gasteiger partial charge on any atom is 0.326 e. The summed E-state index contributed by atoms with van der Waals surface area (Å²) >= 11 is 0. The van der Waals surface area contributed by atoms with Crippen molar-refractivity contribution in [3.8, 4) is 0 Å². The van der Waals surface area contributed by atoms with Crippen LogP contribution in [0, 0.1) is 5.92 Å². The summed E-state index contributed by atoms with van der Waals surface area (Å²) in [6.07, 6.45) is 3.06. The summed E-state index contributed by atoms with van der Waals surface area (Å²) in [6.45, 7) is 3.51. The summed E-state index contributed by atoms with van der Waals surface area (Å²) in [5.74, 6) is -1.15. The van der Waals surface area contributed by atoms with Gasteiger partial charge in [-0.15, -0.1) is 0 Å². The SMILES string of the molecule is CCC[C@@H](NC(=O)C1CCCNC1)C(=O)O. The van der Waals surface area contributed by atoms with E-state index in [9.17, 15) is 9.59 Å². The summed E-state index contributed by atoms with van der Waals surface area (Å²) < 4.78 is 0. The van der Waals surface area contributed by atoms with E-state index in [2.05, 4.69) is 10.6 Å². The molecule has 0 aromatic heterocycles. The molecule has 1 aliphatic heterocycles. The van der Waals surface area contributed by atoms with Crippen LogP contribution in [0.5, 0.6) is 0 Å². The maximum absolute atomic E-state index is 11.8. The second-order valence-electron chi connectivity index (χ2n) is 4.23. The Kier molecular flexibility index (Phi) is 5.25. The van der Waals surface area contributed by atoms with E-state index in [1.165, 1.54) is 0 Å². The van der Waals surface area contributed by atoms with Gasteiger partial charge >= 0.3 is 5.97 Å². The van der Waals surface area contributed by atoms with E-state index < -0.39 is 12.0 Å². The molecule has 5 nitrogen and oxygen atoms in total. The van der Waals surface area contributed by atoms with Gasteiger partial charge in [-0.05, 0) is 25.8 Å². The molecule has 5 heteroatoms. The fraction of sp³-hybridized carbons (Fsp3) is 0.818. The van der Waals surface area contributed by atoms with Crippen LogP contribution in [0.4, 0.5) is 0 Å². The van der Waals surface area contributed by atoms with Crippen molar-refractivity contribution in [1.29, 1.82) is 0 Å². The number of carboxylic acids is 1. The van der Waals surface area contributed by atoms with Gasteiger partial charge in [0, 0.05) is 6.54 Å². The first-order chi connectivity index (χ1) is 7.65. The van der Waals surface area contributed by atoms with Gasteiger partial charge in [-0.3, -0.25) is 4.79 Å². The Morgan fingerprint density at radius 1 is 1.56 bits per heavy atom. The van der Waals surface area contributed by atoms with E-state index in [-0.39, 0.29) is 11.8 Å². The van der Waals surface area contributed by atoms with Gasteiger partial charge in [0.1, 0.15) is 6.04 Å². The number of carbonyl (C=O) groups excluding carboxylic acids is 1. The molecule has 0 aromatic carbocycles. The average Bonchev–Trinajstić information content (AvgIpc) is 2.29. The topological polar surface area (TPSA) is 78.4 Å².